The number of benzene rings is 1. The van der Waals surface area contributed by atoms with Gasteiger partial charge in [0.05, 0.1) is 14.8 Å². The normalized spacial score (nSPS) is 12.0. The minimum atomic E-state index is -4.35. The van der Waals surface area contributed by atoms with Gasteiger partial charge in [0.2, 0.25) is 0 Å². The Morgan fingerprint density at radius 1 is 1.10 bits per heavy atom. The molecule has 1 aromatic heterocycles. The van der Waals surface area contributed by atoms with Gasteiger partial charge in [0.25, 0.3) is 0 Å². The van der Waals surface area contributed by atoms with Gasteiger partial charge in [-0.25, -0.2) is 9.97 Å². The minimum Gasteiger partial charge on any atom is -0.232 e. The number of halogens is 5. The smallest absolute Gasteiger partial charge is 0.232 e. The van der Waals surface area contributed by atoms with Gasteiger partial charge in [0.15, 0.2) is 5.82 Å². The van der Waals surface area contributed by atoms with E-state index in [1.165, 1.54) is 12.1 Å². The van der Waals surface area contributed by atoms with E-state index in [1.54, 1.807) is 0 Å². The Bertz CT molecular complexity index is 655. The van der Waals surface area contributed by atoms with Crippen LogP contribution < -0.4 is 0 Å². The summed E-state index contributed by atoms with van der Waals surface area (Å²) < 4.78 is 38.4. The maximum Gasteiger partial charge on any atom is 0.416 e. The molecule has 2 aromatic rings. The van der Waals surface area contributed by atoms with E-state index in [2.05, 4.69) is 32.6 Å². The van der Waals surface area contributed by atoms with Crippen LogP contribution in [0.5, 0.6) is 0 Å². The standard InChI is InChI=1S/C14H11ClF3IN2/c1-7(2)11-10(19)12(15)21-13(20-11)8-3-5-9(6-4-8)14(16,17)18/h3-7H,1-2H3. The topological polar surface area (TPSA) is 25.8 Å². The number of hydrogen-bond acceptors (Lipinski definition) is 2. The third-order valence-corrected chi connectivity index (χ3v) is 4.51. The van der Waals surface area contributed by atoms with Crippen LogP contribution in [-0.2, 0) is 6.18 Å². The Labute approximate surface area is 138 Å². The summed E-state index contributed by atoms with van der Waals surface area (Å²) in [5, 5.41) is 0.309. The molecule has 0 spiro atoms. The molecule has 0 aliphatic heterocycles. The highest BCUT2D eigenvalue weighted by atomic mass is 127. The lowest BCUT2D eigenvalue weighted by molar-refractivity contribution is -0.137. The van der Waals surface area contributed by atoms with E-state index in [0.717, 1.165) is 21.4 Å². The Kier molecular flexibility index (Phi) is 4.77. The Balaban J connectivity index is 2.47. The first kappa shape index (κ1) is 16.5. The molecule has 0 bridgehead atoms. The molecule has 0 radical (unpaired) electrons. The van der Waals surface area contributed by atoms with Crippen LogP contribution in [0.3, 0.4) is 0 Å². The Morgan fingerprint density at radius 3 is 2.14 bits per heavy atom. The summed E-state index contributed by atoms with van der Waals surface area (Å²) in [6.45, 7) is 3.94. The fraction of sp³-hybridized carbons (Fsp3) is 0.286. The molecule has 2 rings (SSSR count). The van der Waals surface area contributed by atoms with Crippen LogP contribution in [0.15, 0.2) is 24.3 Å². The average Bonchev–Trinajstić information content (AvgIpc) is 2.40. The number of nitrogens with zero attached hydrogens (tertiary/aromatic N) is 2. The van der Waals surface area contributed by atoms with Crippen molar-refractivity contribution in [3.05, 3.63) is 44.2 Å². The highest BCUT2D eigenvalue weighted by Crippen LogP contribution is 2.32. The lowest BCUT2D eigenvalue weighted by Crippen LogP contribution is -2.05. The number of alkyl halides is 3. The van der Waals surface area contributed by atoms with Crippen LogP contribution in [0.2, 0.25) is 5.15 Å². The van der Waals surface area contributed by atoms with Crippen molar-refractivity contribution in [3.8, 4) is 11.4 Å². The van der Waals surface area contributed by atoms with Gasteiger partial charge in [-0.3, -0.25) is 0 Å². The van der Waals surface area contributed by atoms with Crippen LogP contribution in [0.4, 0.5) is 13.2 Å². The second kappa shape index (κ2) is 6.08. The van der Waals surface area contributed by atoms with E-state index in [9.17, 15) is 13.2 Å². The van der Waals surface area contributed by atoms with Gasteiger partial charge >= 0.3 is 6.18 Å². The number of hydrogen-bond donors (Lipinski definition) is 0. The first-order chi connectivity index (χ1) is 9.70. The van der Waals surface area contributed by atoms with Crippen LogP contribution in [0, 0.1) is 3.57 Å². The molecule has 112 valence electrons. The summed E-state index contributed by atoms with van der Waals surface area (Å²) in [7, 11) is 0. The van der Waals surface area contributed by atoms with Gasteiger partial charge in [-0.05, 0) is 40.6 Å². The van der Waals surface area contributed by atoms with E-state index in [1.807, 2.05) is 13.8 Å². The van der Waals surface area contributed by atoms with Crippen molar-refractivity contribution >= 4 is 34.2 Å². The van der Waals surface area contributed by atoms with Crippen molar-refractivity contribution in [2.24, 2.45) is 0 Å². The van der Waals surface area contributed by atoms with Gasteiger partial charge in [0.1, 0.15) is 5.15 Å². The van der Waals surface area contributed by atoms with Crippen LogP contribution in [0.25, 0.3) is 11.4 Å². The summed E-state index contributed by atoms with van der Waals surface area (Å²) in [6.07, 6.45) is -4.35. The zero-order valence-electron chi connectivity index (χ0n) is 11.2. The molecule has 0 aliphatic rings. The first-order valence-electron chi connectivity index (χ1n) is 6.10. The van der Waals surface area contributed by atoms with Crippen LogP contribution >= 0.6 is 34.2 Å². The van der Waals surface area contributed by atoms with Gasteiger partial charge in [-0.1, -0.05) is 37.6 Å². The van der Waals surface area contributed by atoms with Crippen LogP contribution in [0.1, 0.15) is 31.0 Å². The molecule has 0 saturated heterocycles. The maximum atomic E-state index is 12.6. The van der Waals surface area contributed by atoms with Crippen molar-refractivity contribution < 1.29 is 13.2 Å². The van der Waals surface area contributed by atoms with E-state index in [-0.39, 0.29) is 5.92 Å². The molecule has 0 saturated carbocycles. The average molecular weight is 427 g/mol. The van der Waals surface area contributed by atoms with E-state index < -0.39 is 11.7 Å². The molecule has 0 fully saturated rings. The molecule has 2 nitrogen and oxygen atoms in total. The molecular weight excluding hydrogens is 416 g/mol. The Morgan fingerprint density at radius 2 is 1.67 bits per heavy atom. The van der Waals surface area contributed by atoms with Crippen molar-refractivity contribution in [3.63, 3.8) is 0 Å². The van der Waals surface area contributed by atoms with Crippen molar-refractivity contribution in [2.75, 3.05) is 0 Å². The molecule has 7 heteroatoms. The molecule has 0 amide bonds. The quantitative estimate of drug-likeness (QED) is 0.465. The second-order valence-corrected chi connectivity index (χ2v) is 6.20. The summed E-state index contributed by atoms with van der Waals surface area (Å²) >= 11 is 8.14. The SMILES string of the molecule is CC(C)c1nc(-c2ccc(C(F)(F)F)cc2)nc(Cl)c1I. The highest BCUT2D eigenvalue weighted by molar-refractivity contribution is 14.1. The molecular formula is C14H11ClF3IN2. The molecule has 0 atom stereocenters. The summed E-state index contributed by atoms with van der Waals surface area (Å²) in [4.78, 5) is 8.55. The zero-order valence-corrected chi connectivity index (χ0v) is 14.1. The van der Waals surface area contributed by atoms with Gasteiger partial charge in [-0.15, -0.1) is 0 Å². The third-order valence-electron chi connectivity index (χ3n) is 2.85. The Hall–Kier alpha value is -0.890. The third kappa shape index (κ3) is 3.66. The summed E-state index contributed by atoms with van der Waals surface area (Å²) in [6, 6.07) is 4.73. The fourth-order valence-electron chi connectivity index (χ4n) is 1.76. The van der Waals surface area contributed by atoms with Gasteiger partial charge < -0.3 is 0 Å². The summed E-state index contributed by atoms with van der Waals surface area (Å²) in [5.41, 5.74) is 0.584. The van der Waals surface area contributed by atoms with E-state index >= 15 is 0 Å². The predicted octanol–water partition coefficient (Wildman–Crippen LogP) is 5.54. The molecule has 1 heterocycles. The minimum absolute atomic E-state index is 0.144. The molecule has 0 unspecified atom stereocenters. The summed E-state index contributed by atoms with van der Waals surface area (Å²) in [5.74, 6) is 0.475. The number of aromatic nitrogens is 2. The monoisotopic (exact) mass is 426 g/mol. The fourth-order valence-corrected chi connectivity index (χ4v) is 2.80. The zero-order chi connectivity index (χ0) is 15.8. The van der Waals surface area contributed by atoms with E-state index in [0.29, 0.717) is 16.5 Å². The number of rotatable bonds is 2. The van der Waals surface area contributed by atoms with Crippen molar-refractivity contribution in [2.45, 2.75) is 25.9 Å². The highest BCUT2D eigenvalue weighted by Gasteiger charge is 2.30. The van der Waals surface area contributed by atoms with Crippen molar-refractivity contribution in [1.29, 1.82) is 0 Å². The molecule has 21 heavy (non-hydrogen) atoms. The van der Waals surface area contributed by atoms with Crippen LogP contribution in [-0.4, -0.2) is 9.97 Å². The van der Waals surface area contributed by atoms with Gasteiger partial charge in [-0.2, -0.15) is 13.2 Å². The lowest BCUT2D eigenvalue weighted by atomic mass is 10.1. The van der Waals surface area contributed by atoms with E-state index in [4.69, 9.17) is 11.6 Å². The van der Waals surface area contributed by atoms with Gasteiger partial charge in [0, 0.05) is 5.56 Å². The predicted molar refractivity (Wildman–Crippen MR) is 84.3 cm³/mol. The van der Waals surface area contributed by atoms with Crippen molar-refractivity contribution in [1.82, 2.24) is 9.97 Å². The first-order valence-corrected chi connectivity index (χ1v) is 7.56. The maximum absolute atomic E-state index is 12.6. The largest absolute Gasteiger partial charge is 0.416 e. The molecule has 0 aliphatic carbocycles. The molecule has 1 aromatic carbocycles. The molecule has 0 N–H and O–H groups in total. The lowest BCUT2D eigenvalue weighted by Gasteiger charge is -2.11. The second-order valence-electron chi connectivity index (χ2n) is 4.77.